The van der Waals surface area contributed by atoms with Gasteiger partial charge in [-0.15, -0.1) is 0 Å². The van der Waals surface area contributed by atoms with Crippen LogP contribution in [0.25, 0.3) is 0 Å². The van der Waals surface area contributed by atoms with E-state index in [9.17, 15) is 0 Å². The second-order valence-electron chi connectivity index (χ2n) is 6.69. The highest BCUT2D eigenvalue weighted by molar-refractivity contribution is 5.48. The van der Waals surface area contributed by atoms with Gasteiger partial charge in [-0.1, -0.05) is 41.5 Å². The van der Waals surface area contributed by atoms with E-state index in [1.54, 1.807) is 16.7 Å². The molecule has 1 aromatic rings. The van der Waals surface area contributed by atoms with E-state index >= 15 is 0 Å². The van der Waals surface area contributed by atoms with Crippen molar-refractivity contribution in [2.75, 3.05) is 0 Å². The van der Waals surface area contributed by atoms with Crippen LogP contribution in [0.5, 0.6) is 0 Å². The van der Waals surface area contributed by atoms with Gasteiger partial charge in [0.1, 0.15) is 0 Å². The van der Waals surface area contributed by atoms with Gasteiger partial charge in [-0.25, -0.2) is 0 Å². The quantitative estimate of drug-likeness (QED) is 0.686. The van der Waals surface area contributed by atoms with Crippen molar-refractivity contribution in [3.8, 4) is 0 Å². The van der Waals surface area contributed by atoms with Crippen LogP contribution in [0.2, 0.25) is 0 Å². The SMILES string of the molecule is CC.CC(C)c1c(C2CC2)nc2c(c1C(C)C)CCC2. The predicted octanol–water partition coefficient (Wildman–Crippen LogP) is 5.72. The molecule has 1 nitrogen and oxygen atoms in total. The van der Waals surface area contributed by atoms with Crippen molar-refractivity contribution in [2.45, 2.75) is 91.4 Å². The average molecular weight is 273 g/mol. The monoisotopic (exact) mass is 273 g/mol. The van der Waals surface area contributed by atoms with Crippen molar-refractivity contribution in [2.24, 2.45) is 0 Å². The molecule has 0 aromatic carbocycles. The molecule has 0 atom stereocenters. The minimum absolute atomic E-state index is 0.622. The summed E-state index contributed by atoms with van der Waals surface area (Å²) in [7, 11) is 0. The molecule has 2 aliphatic carbocycles. The number of nitrogens with zero attached hydrogens (tertiary/aromatic N) is 1. The minimum Gasteiger partial charge on any atom is -0.257 e. The number of hydrogen-bond acceptors (Lipinski definition) is 1. The summed E-state index contributed by atoms with van der Waals surface area (Å²) >= 11 is 0. The first-order valence-corrected chi connectivity index (χ1v) is 8.65. The Morgan fingerprint density at radius 3 is 2.00 bits per heavy atom. The van der Waals surface area contributed by atoms with Crippen LogP contribution in [0.15, 0.2) is 0 Å². The zero-order valence-corrected chi connectivity index (χ0v) is 14.2. The van der Waals surface area contributed by atoms with Crippen molar-refractivity contribution in [3.63, 3.8) is 0 Å². The Hall–Kier alpha value is -0.850. The van der Waals surface area contributed by atoms with Crippen molar-refractivity contribution in [1.82, 2.24) is 4.98 Å². The van der Waals surface area contributed by atoms with Crippen molar-refractivity contribution in [1.29, 1.82) is 0 Å². The van der Waals surface area contributed by atoms with E-state index in [1.165, 1.54) is 43.5 Å². The average Bonchev–Trinajstić information content (AvgIpc) is 3.16. The van der Waals surface area contributed by atoms with Gasteiger partial charge in [-0.3, -0.25) is 4.98 Å². The van der Waals surface area contributed by atoms with Crippen LogP contribution in [-0.2, 0) is 12.8 Å². The largest absolute Gasteiger partial charge is 0.257 e. The molecule has 0 aliphatic heterocycles. The fraction of sp³-hybridized carbons (Fsp3) is 0.737. The molecule has 0 amide bonds. The third-order valence-corrected chi connectivity index (χ3v) is 4.45. The van der Waals surface area contributed by atoms with E-state index in [0.29, 0.717) is 11.8 Å². The summed E-state index contributed by atoms with van der Waals surface area (Å²) < 4.78 is 0. The summed E-state index contributed by atoms with van der Waals surface area (Å²) in [5.41, 5.74) is 7.78. The standard InChI is InChI=1S/C17H25N.C2H6/c1-10(2)15-13-6-5-7-14(13)18-17(12-8-9-12)16(15)11(3)4;1-2/h10-12H,5-9H2,1-4H3;1-2H3. The molecule has 112 valence electrons. The van der Waals surface area contributed by atoms with E-state index < -0.39 is 0 Å². The first-order valence-electron chi connectivity index (χ1n) is 8.65. The predicted molar refractivity (Wildman–Crippen MR) is 87.8 cm³/mol. The van der Waals surface area contributed by atoms with E-state index in [-0.39, 0.29) is 0 Å². The molecule has 2 aliphatic rings. The molecule has 1 heteroatoms. The molecule has 20 heavy (non-hydrogen) atoms. The summed E-state index contributed by atoms with van der Waals surface area (Å²) in [6.07, 6.45) is 6.52. The Kier molecular flexibility index (Phi) is 4.88. The molecular weight excluding hydrogens is 242 g/mol. The molecular formula is C19H31N. The molecule has 0 spiro atoms. The Bertz CT molecular complexity index is 467. The van der Waals surface area contributed by atoms with Gasteiger partial charge in [-0.2, -0.15) is 0 Å². The Morgan fingerprint density at radius 1 is 0.900 bits per heavy atom. The van der Waals surface area contributed by atoms with Gasteiger partial charge in [0, 0.05) is 17.3 Å². The first-order chi connectivity index (χ1) is 9.59. The maximum atomic E-state index is 5.08. The van der Waals surface area contributed by atoms with Crippen LogP contribution in [0.3, 0.4) is 0 Å². The van der Waals surface area contributed by atoms with Crippen LogP contribution in [0.4, 0.5) is 0 Å². The van der Waals surface area contributed by atoms with Crippen molar-refractivity contribution < 1.29 is 0 Å². The maximum absolute atomic E-state index is 5.08. The number of hydrogen-bond donors (Lipinski definition) is 0. The first kappa shape index (κ1) is 15.5. The summed E-state index contributed by atoms with van der Waals surface area (Å²) in [4.78, 5) is 5.08. The molecule has 1 saturated carbocycles. The van der Waals surface area contributed by atoms with Crippen LogP contribution >= 0.6 is 0 Å². The van der Waals surface area contributed by atoms with Crippen molar-refractivity contribution in [3.05, 3.63) is 28.1 Å². The number of pyridine rings is 1. The van der Waals surface area contributed by atoms with E-state index in [1.807, 2.05) is 13.8 Å². The number of fused-ring (bicyclic) bond motifs is 1. The molecule has 0 radical (unpaired) electrons. The fourth-order valence-corrected chi connectivity index (χ4v) is 3.58. The van der Waals surface area contributed by atoms with Gasteiger partial charge in [0.15, 0.2) is 0 Å². The molecule has 0 bridgehead atoms. The summed E-state index contributed by atoms with van der Waals surface area (Å²) in [6.45, 7) is 13.4. The fourth-order valence-electron chi connectivity index (χ4n) is 3.58. The van der Waals surface area contributed by atoms with Crippen LogP contribution < -0.4 is 0 Å². The molecule has 1 fully saturated rings. The van der Waals surface area contributed by atoms with Crippen LogP contribution in [0.1, 0.15) is 107 Å². The molecule has 0 saturated heterocycles. The Morgan fingerprint density at radius 2 is 1.50 bits per heavy atom. The van der Waals surface area contributed by atoms with Gasteiger partial charge in [0.05, 0.1) is 0 Å². The smallest absolute Gasteiger partial charge is 0.0475 e. The van der Waals surface area contributed by atoms with Gasteiger partial charge >= 0.3 is 0 Å². The second-order valence-corrected chi connectivity index (χ2v) is 6.69. The summed E-state index contributed by atoms with van der Waals surface area (Å²) in [5.74, 6) is 2.05. The van der Waals surface area contributed by atoms with Gasteiger partial charge in [-0.05, 0) is 60.6 Å². The van der Waals surface area contributed by atoms with Crippen molar-refractivity contribution >= 4 is 0 Å². The van der Waals surface area contributed by atoms with E-state index in [4.69, 9.17) is 4.98 Å². The molecule has 0 unspecified atom stereocenters. The molecule has 0 N–H and O–H groups in total. The number of aromatic nitrogens is 1. The lowest BCUT2D eigenvalue weighted by molar-refractivity contribution is 0.745. The normalized spacial score (nSPS) is 17.2. The number of aryl methyl sites for hydroxylation is 1. The zero-order chi connectivity index (χ0) is 14.9. The van der Waals surface area contributed by atoms with Crippen LogP contribution in [0, 0.1) is 0 Å². The van der Waals surface area contributed by atoms with E-state index in [2.05, 4.69) is 27.7 Å². The Labute approximate surface area is 125 Å². The lowest BCUT2D eigenvalue weighted by Gasteiger charge is -2.23. The lowest BCUT2D eigenvalue weighted by Crippen LogP contribution is -2.10. The molecule has 1 aromatic heterocycles. The third-order valence-electron chi connectivity index (χ3n) is 4.45. The molecule has 1 heterocycles. The minimum atomic E-state index is 0.622. The zero-order valence-electron chi connectivity index (χ0n) is 14.2. The summed E-state index contributed by atoms with van der Waals surface area (Å²) in [6, 6.07) is 0. The highest BCUT2D eigenvalue weighted by atomic mass is 14.8. The van der Waals surface area contributed by atoms with Gasteiger partial charge in [0.2, 0.25) is 0 Å². The highest BCUT2D eigenvalue weighted by Crippen LogP contribution is 2.46. The highest BCUT2D eigenvalue weighted by Gasteiger charge is 2.33. The molecule has 3 rings (SSSR count). The maximum Gasteiger partial charge on any atom is 0.0475 e. The second kappa shape index (κ2) is 6.28. The third kappa shape index (κ3) is 2.77. The van der Waals surface area contributed by atoms with Gasteiger partial charge in [0.25, 0.3) is 0 Å². The van der Waals surface area contributed by atoms with Crippen LogP contribution in [-0.4, -0.2) is 4.98 Å². The Balaban J connectivity index is 0.000000704. The summed E-state index contributed by atoms with van der Waals surface area (Å²) in [5, 5.41) is 0. The van der Waals surface area contributed by atoms with Gasteiger partial charge < -0.3 is 0 Å². The topological polar surface area (TPSA) is 12.9 Å². The number of rotatable bonds is 3. The van der Waals surface area contributed by atoms with E-state index in [0.717, 1.165) is 5.92 Å². The lowest BCUT2D eigenvalue weighted by atomic mass is 9.84.